The molecule has 0 radical (unpaired) electrons. The van der Waals surface area contributed by atoms with Gasteiger partial charge in [-0.25, -0.2) is 4.79 Å². The van der Waals surface area contributed by atoms with Crippen LogP contribution in [0.4, 0.5) is 5.82 Å². The van der Waals surface area contributed by atoms with Gasteiger partial charge in [-0.1, -0.05) is 12.1 Å². The van der Waals surface area contributed by atoms with E-state index in [2.05, 4.69) is 4.90 Å². The normalized spacial score (nSPS) is 14.7. The predicted octanol–water partition coefficient (Wildman–Crippen LogP) is 2.46. The third-order valence-corrected chi connectivity index (χ3v) is 5.84. The highest BCUT2D eigenvalue weighted by Crippen LogP contribution is 2.19. The van der Waals surface area contributed by atoms with Crippen molar-refractivity contribution in [3.63, 3.8) is 0 Å². The van der Waals surface area contributed by atoms with Crippen molar-refractivity contribution < 1.29 is 9.53 Å². The van der Waals surface area contributed by atoms with Gasteiger partial charge in [0.25, 0.3) is 5.56 Å². The molecule has 8 nitrogen and oxygen atoms in total. The fraction of sp³-hybridized carbons (Fsp3) is 0.542. The molecule has 1 amide bonds. The number of nitrogens with zero attached hydrogens (tertiary/aromatic N) is 4. The van der Waals surface area contributed by atoms with Crippen LogP contribution in [-0.2, 0) is 11.2 Å². The largest absolute Gasteiger partial charge is 0.497 e. The highest BCUT2D eigenvalue weighted by Gasteiger charge is 2.24. The maximum absolute atomic E-state index is 13.1. The van der Waals surface area contributed by atoms with Crippen LogP contribution < -0.4 is 20.9 Å². The molecule has 0 N–H and O–H groups in total. The topological polar surface area (TPSA) is 76.8 Å². The number of aromatic nitrogens is 2. The molecule has 0 bridgehead atoms. The highest BCUT2D eigenvalue weighted by molar-refractivity contribution is 5.79. The van der Waals surface area contributed by atoms with Crippen molar-refractivity contribution >= 4 is 11.7 Å². The van der Waals surface area contributed by atoms with Crippen LogP contribution in [-0.4, -0.2) is 53.2 Å². The summed E-state index contributed by atoms with van der Waals surface area (Å²) >= 11 is 0. The Labute approximate surface area is 189 Å². The summed E-state index contributed by atoms with van der Waals surface area (Å²) in [6.07, 6.45) is 1.09. The van der Waals surface area contributed by atoms with Crippen molar-refractivity contribution in [3.8, 4) is 5.75 Å². The van der Waals surface area contributed by atoms with Crippen LogP contribution in [0.3, 0.4) is 0 Å². The number of carbonyl (C=O) groups is 1. The number of hydrogen-bond acceptors (Lipinski definition) is 5. The summed E-state index contributed by atoms with van der Waals surface area (Å²) in [6.45, 7) is 10.0. The molecule has 2 aromatic rings. The molecule has 0 unspecified atom stereocenters. The van der Waals surface area contributed by atoms with Gasteiger partial charge in [0.2, 0.25) is 5.91 Å². The number of rotatable bonds is 6. The Morgan fingerprint density at radius 3 is 2.34 bits per heavy atom. The minimum absolute atomic E-state index is 0.0663. The van der Waals surface area contributed by atoms with Crippen molar-refractivity contribution in [1.82, 2.24) is 14.0 Å². The third kappa shape index (κ3) is 5.06. The van der Waals surface area contributed by atoms with Gasteiger partial charge >= 0.3 is 5.69 Å². The Kier molecular flexibility index (Phi) is 7.43. The van der Waals surface area contributed by atoms with Crippen molar-refractivity contribution in [1.29, 1.82) is 0 Å². The maximum Gasteiger partial charge on any atom is 0.333 e. The van der Waals surface area contributed by atoms with Crippen LogP contribution in [0.2, 0.25) is 0 Å². The zero-order valence-electron chi connectivity index (χ0n) is 19.7. The van der Waals surface area contributed by atoms with Crippen molar-refractivity contribution in [2.45, 2.75) is 52.6 Å². The summed E-state index contributed by atoms with van der Waals surface area (Å²) in [5.41, 5.74) is 0.348. The zero-order chi connectivity index (χ0) is 23.4. The fourth-order valence-corrected chi connectivity index (χ4v) is 4.23. The van der Waals surface area contributed by atoms with Crippen LogP contribution in [0.1, 0.15) is 51.8 Å². The van der Waals surface area contributed by atoms with Crippen LogP contribution in [0.5, 0.6) is 5.75 Å². The van der Waals surface area contributed by atoms with Crippen molar-refractivity contribution in [2.24, 2.45) is 0 Å². The summed E-state index contributed by atoms with van der Waals surface area (Å²) in [5.74, 6) is 1.44. The van der Waals surface area contributed by atoms with E-state index in [0.717, 1.165) is 17.7 Å². The maximum atomic E-state index is 13.1. The SMILES string of the molecule is COc1cccc(CC(=O)N2CCCN(c3cc(=O)n(C(C)C)c(=O)n3C(C)C)CC2)c1. The summed E-state index contributed by atoms with van der Waals surface area (Å²) in [7, 11) is 1.61. The summed E-state index contributed by atoms with van der Waals surface area (Å²) in [4.78, 5) is 42.6. The Bertz CT molecular complexity index is 1070. The van der Waals surface area contributed by atoms with Gasteiger partial charge in [0, 0.05) is 44.3 Å². The smallest absolute Gasteiger partial charge is 0.333 e. The van der Waals surface area contributed by atoms with Crippen molar-refractivity contribution in [2.75, 3.05) is 38.2 Å². The second-order valence-corrected chi connectivity index (χ2v) is 8.80. The predicted molar refractivity (Wildman–Crippen MR) is 126 cm³/mol. The highest BCUT2D eigenvalue weighted by atomic mass is 16.5. The van der Waals surface area contributed by atoms with Crippen molar-refractivity contribution in [3.05, 3.63) is 56.7 Å². The van der Waals surface area contributed by atoms with E-state index < -0.39 is 0 Å². The molecular formula is C24H34N4O4. The molecule has 1 aliphatic rings. The van der Waals surface area contributed by atoms with Gasteiger partial charge in [0.1, 0.15) is 11.6 Å². The lowest BCUT2D eigenvalue weighted by atomic mass is 10.1. The van der Waals surface area contributed by atoms with E-state index in [-0.39, 0.29) is 29.2 Å². The number of anilines is 1. The first kappa shape index (κ1) is 23.6. The first-order valence-electron chi connectivity index (χ1n) is 11.3. The Morgan fingerprint density at radius 2 is 1.69 bits per heavy atom. The quantitative estimate of drug-likeness (QED) is 0.687. The fourth-order valence-electron chi connectivity index (χ4n) is 4.23. The molecule has 8 heteroatoms. The van der Waals surface area contributed by atoms with Gasteiger partial charge < -0.3 is 14.5 Å². The van der Waals surface area contributed by atoms with Crippen LogP contribution in [0.25, 0.3) is 0 Å². The van der Waals surface area contributed by atoms with Gasteiger partial charge in [-0.2, -0.15) is 0 Å². The van der Waals surface area contributed by atoms with E-state index in [4.69, 9.17) is 4.74 Å². The number of carbonyl (C=O) groups excluding carboxylic acids is 1. The first-order chi connectivity index (χ1) is 15.2. The molecule has 0 atom stereocenters. The molecule has 174 valence electrons. The zero-order valence-corrected chi connectivity index (χ0v) is 19.7. The minimum Gasteiger partial charge on any atom is -0.497 e. The number of ether oxygens (including phenoxy) is 1. The van der Waals surface area contributed by atoms with Crippen LogP contribution in [0.15, 0.2) is 39.9 Å². The number of amides is 1. The Morgan fingerprint density at radius 1 is 0.969 bits per heavy atom. The van der Waals surface area contributed by atoms with E-state index in [9.17, 15) is 14.4 Å². The Balaban J connectivity index is 1.80. The average Bonchev–Trinajstić information content (AvgIpc) is 2.99. The third-order valence-electron chi connectivity index (χ3n) is 5.84. The lowest BCUT2D eigenvalue weighted by Gasteiger charge is -2.28. The molecule has 1 aromatic heterocycles. The molecule has 3 rings (SSSR count). The minimum atomic E-state index is -0.285. The molecule has 0 saturated carbocycles. The number of hydrogen-bond donors (Lipinski definition) is 0. The lowest BCUT2D eigenvalue weighted by Crippen LogP contribution is -2.45. The van der Waals surface area contributed by atoms with Gasteiger partial charge in [-0.3, -0.25) is 18.7 Å². The summed E-state index contributed by atoms with van der Waals surface area (Å²) in [5, 5.41) is 0. The average molecular weight is 443 g/mol. The molecule has 32 heavy (non-hydrogen) atoms. The summed E-state index contributed by atoms with van der Waals surface area (Å²) in [6, 6.07) is 8.83. The van der Waals surface area contributed by atoms with E-state index in [0.29, 0.717) is 38.4 Å². The molecule has 1 saturated heterocycles. The second kappa shape index (κ2) is 10.1. The molecule has 1 aliphatic heterocycles. The molecular weight excluding hydrogens is 408 g/mol. The first-order valence-corrected chi connectivity index (χ1v) is 11.3. The van der Waals surface area contributed by atoms with E-state index in [1.807, 2.05) is 56.9 Å². The number of benzene rings is 1. The van der Waals surface area contributed by atoms with Gasteiger partial charge in [0.15, 0.2) is 0 Å². The molecule has 1 aromatic carbocycles. The molecule has 1 fully saturated rings. The molecule has 0 spiro atoms. The van der Waals surface area contributed by atoms with E-state index in [1.54, 1.807) is 17.7 Å². The van der Waals surface area contributed by atoms with E-state index in [1.165, 1.54) is 4.57 Å². The van der Waals surface area contributed by atoms with Crippen LogP contribution in [0, 0.1) is 0 Å². The molecule has 2 heterocycles. The Hall–Kier alpha value is -3.03. The lowest BCUT2D eigenvalue weighted by molar-refractivity contribution is -0.130. The van der Waals surface area contributed by atoms with Crippen LogP contribution >= 0.6 is 0 Å². The summed E-state index contributed by atoms with van der Waals surface area (Å²) < 4.78 is 8.24. The molecule has 0 aliphatic carbocycles. The van der Waals surface area contributed by atoms with Gasteiger partial charge in [-0.05, 0) is 51.8 Å². The van der Waals surface area contributed by atoms with Gasteiger partial charge in [0.05, 0.1) is 13.5 Å². The van der Waals surface area contributed by atoms with Gasteiger partial charge in [-0.15, -0.1) is 0 Å². The monoisotopic (exact) mass is 442 g/mol. The van der Waals surface area contributed by atoms with E-state index >= 15 is 0 Å². The standard InChI is InChI=1S/C24H34N4O4/c1-17(2)27-21(16-23(30)28(18(3)4)24(27)31)25-10-7-11-26(13-12-25)22(29)15-19-8-6-9-20(14-19)32-5/h6,8-9,14,16-18H,7,10-13,15H2,1-5H3. The number of methoxy groups -OCH3 is 1. The second-order valence-electron chi connectivity index (χ2n) is 8.80.